The van der Waals surface area contributed by atoms with E-state index in [0.29, 0.717) is 24.8 Å². The first-order valence-electron chi connectivity index (χ1n) is 5.79. The molecule has 2 rings (SSSR count). The number of nitrogens with one attached hydrogen (secondary N) is 1. The molecule has 1 fully saturated rings. The second-order valence-corrected chi connectivity index (χ2v) is 7.19. The van der Waals surface area contributed by atoms with E-state index in [1.807, 2.05) is 0 Å². The Bertz CT molecular complexity index is 501. The molecular formula is C9H17N5O2S2. The molecule has 1 atom stereocenters. The summed E-state index contributed by atoms with van der Waals surface area (Å²) in [6.45, 7) is 3.30. The second-order valence-electron chi connectivity index (χ2n) is 4.34. The zero-order valence-corrected chi connectivity index (χ0v) is 11.8. The number of hydrogen-bond donors (Lipinski definition) is 2. The van der Waals surface area contributed by atoms with Crippen LogP contribution in [0.25, 0.3) is 0 Å². The van der Waals surface area contributed by atoms with Gasteiger partial charge in [0.15, 0.2) is 0 Å². The SMILES string of the molecule is Cc1nnc(NS(=O)(=O)N2CCCC(CN)C2)s1. The molecule has 0 bridgehead atoms. The largest absolute Gasteiger partial charge is 0.330 e. The van der Waals surface area contributed by atoms with Gasteiger partial charge in [-0.2, -0.15) is 12.7 Å². The van der Waals surface area contributed by atoms with E-state index in [-0.39, 0.29) is 5.92 Å². The number of rotatable bonds is 4. The Kier molecular flexibility index (Phi) is 4.15. The van der Waals surface area contributed by atoms with E-state index in [2.05, 4.69) is 14.9 Å². The lowest BCUT2D eigenvalue weighted by Crippen LogP contribution is -2.44. The molecule has 9 heteroatoms. The van der Waals surface area contributed by atoms with E-state index in [1.165, 1.54) is 15.6 Å². The Hall–Kier alpha value is -0.770. The highest BCUT2D eigenvalue weighted by Gasteiger charge is 2.28. The molecule has 0 radical (unpaired) electrons. The Labute approximate surface area is 111 Å². The quantitative estimate of drug-likeness (QED) is 0.823. The van der Waals surface area contributed by atoms with E-state index in [1.54, 1.807) is 6.92 Å². The van der Waals surface area contributed by atoms with Crippen LogP contribution in [0.4, 0.5) is 5.13 Å². The van der Waals surface area contributed by atoms with Crippen LogP contribution in [0, 0.1) is 12.8 Å². The van der Waals surface area contributed by atoms with Gasteiger partial charge in [-0.1, -0.05) is 11.3 Å². The van der Waals surface area contributed by atoms with E-state index in [9.17, 15) is 8.42 Å². The molecular weight excluding hydrogens is 274 g/mol. The summed E-state index contributed by atoms with van der Waals surface area (Å²) in [4.78, 5) is 0. The van der Waals surface area contributed by atoms with Crippen LogP contribution in [0.1, 0.15) is 17.8 Å². The first kappa shape index (κ1) is 13.7. The zero-order chi connectivity index (χ0) is 13.2. The minimum Gasteiger partial charge on any atom is -0.330 e. The molecule has 1 unspecified atom stereocenters. The summed E-state index contributed by atoms with van der Waals surface area (Å²) in [7, 11) is -3.53. The van der Waals surface area contributed by atoms with Gasteiger partial charge in [-0.05, 0) is 32.2 Å². The van der Waals surface area contributed by atoms with Gasteiger partial charge in [0.1, 0.15) is 5.01 Å². The van der Waals surface area contributed by atoms with Crippen molar-refractivity contribution in [3.05, 3.63) is 5.01 Å². The molecule has 0 aromatic carbocycles. The molecule has 0 spiro atoms. The normalized spacial score (nSPS) is 22.0. The van der Waals surface area contributed by atoms with Crippen molar-refractivity contribution in [2.45, 2.75) is 19.8 Å². The summed E-state index contributed by atoms with van der Waals surface area (Å²) in [5, 5.41) is 8.58. The molecule has 0 saturated carbocycles. The average molecular weight is 291 g/mol. The zero-order valence-electron chi connectivity index (χ0n) is 10.2. The number of anilines is 1. The molecule has 3 N–H and O–H groups in total. The molecule has 1 saturated heterocycles. The summed E-state index contributed by atoms with van der Waals surface area (Å²) < 4.78 is 28.2. The van der Waals surface area contributed by atoms with Crippen LogP contribution in [0.3, 0.4) is 0 Å². The Morgan fingerprint density at radius 2 is 2.33 bits per heavy atom. The van der Waals surface area contributed by atoms with Gasteiger partial charge < -0.3 is 5.73 Å². The first-order valence-corrected chi connectivity index (χ1v) is 8.05. The lowest BCUT2D eigenvalue weighted by molar-refractivity contribution is 0.273. The molecule has 1 aromatic heterocycles. The van der Waals surface area contributed by atoms with Crippen molar-refractivity contribution >= 4 is 26.7 Å². The Morgan fingerprint density at radius 3 is 2.94 bits per heavy atom. The number of aryl methyl sites for hydroxylation is 1. The van der Waals surface area contributed by atoms with Gasteiger partial charge in [-0.25, -0.2) is 4.72 Å². The van der Waals surface area contributed by atoms with Crippen LogP contribution in [-0.4, -0.2) is 42.6 Å². The molecule has 1 aliphatic heterocycles. The highest BCUT2D eigenvalue weighted by molar-refractivity contribution is 7.90. The van der Waals surface area contributed by atoms with Crippen molar-refractivity contribution in [1.82, 2.24) is 14.5 Å². The van der Waals surface area contributed by atoms with E-state index in [4.69, 9.17) is 5.73 Å². The summed E-state index contributed by atoms with van der Waals surface area (Å²) in [6.07, 6.45) is 1.83. The molecule has 1 aromatic rings. The van der Waals surface area contributed by atoms with E-state index >= 15 is 0 Å². The molecule has 18 heavy (non-hydrogen) atoms. The van der Waals surface area contributed by atoms with Gasteiger partial charge in [0.2, 0.25) is 5.13 Å². The van der Waals surface area contributed by atoms with Crippen molar-refractivity contribution in [1.29, 1.82) is 0 Å². The van der Waals surface area contributed by atoms with Gasteiger partial charge in [0.05, 0.1) is 0 Å². The predicted octanol–water partition coefficient (Wildman–Crippen LogP) is 0.174. The van der Waals surface area contributed by atoms with Crippen LogP contribution < -0.4 is 10.5 Å². The lowest BCUT2D eigenvalue weighted by atomic mass is 10.0. The van der Waals surface area contributed by atoms with Gasteiger partial charge >= 0.3 is 10.2 Å². The summed E-state index contributed by atoms with van der Waals surface area (Å²) in [5.74, 6) is 0.242. The molecule has 2 heterocycles. The van der Waals surface area contributed by atoms with Crippen molar-refractivity contribution in [2.75, 3.05) is 24.4 Å². The maximum Gasteiger partial charge on any atom is 0.303 e. The molecule has 102 valence electrons. The molecule has 1 aliphatic rings. The number of nitrogens with zero attached hydrogens (tertiary/aromatic N) is 3. The van der Waals surface area contributed by atoms with Crippen LogP contribution in [-0.2, 0) is 10.2 Å². The highest BCUT2D eigenvalue weighted by Crippen LogP contribution is 2.21. The van der Waals surface area contributed by atoms with Crippen molar-refractivity contribution in [2.24, 2.45) is 11.7 Å². The topological polar surface area (TPSA) is 101 Å². The number of nitrogens with two attached hydrogens (primary N) is 1. The van der Waals surface area contributed by atoms with Gasteiger partial charge in [0, 0.05) is 13.1 Å². The predicted molar refractivity (Wildman–Crippen MR) is 70.5 cm³/mol. The van der Waals surface area contributed by atoms with Gasteiger partial charge in [-0.3, -0.25) is 0 Å². The lowest BCUT2D eigenvalue weighted by Gasteiger charge is -2.30. The van der Waals surface area contributed by atoms with E-state index in [0.717, 1.165) is 17.8 Å². The number of hydrogen-bond acceptors (Lipinski definition) is 6. The standard InChI is InChI=1S/C9H17N5O2S2/c1-7-11-12-9(17-7)13-18(15,16)14-4-2-3-8(5-10)6-14/h8H,2-6,10H2,1H3,(H,12,13). The van der Waals surface area contributed by atoms with E-state index < -0.39 is 10.2 Å². The highest BCUT2D eigenvalue weighted by atomic mass is 32.2. The average Bonchev–Trinajstić information content (AvgIpc) is 2.74. The minimum atomic E-state index is -3.53. The number of piperidine rings is 1. The Balaban J connectivity index is 2.06. The van der Waals surface area contributed by atoms with Crippen LogP contribution in [0.15, 0.2) is 0 Å². The third-order valence-corrected chi connectivity index (χ3v) is 5.24. The third kappa shape index (κ3) is 3.16. The molecule has 7 nitrogen and oxygen atoms in total. The van der Waals surface area contributed by atoms with Crippen molar-refractivity contribution in [3.8, 4) is 0 Å². The summed E-state index contributed by atoms with van der Waals surface area (Å²) >= 11 is 1.22. The minimum absolute atomic E-state index is 0.242. The summed E-state index contributed by atoms with van der Waals surface area (Å²) in [5.41, 5.74) is 5.60. The third-order valence-electron chi connectivity index (χ3n) is 2.90. The maximum atomic E-state index is 12.1. The molecule has 0 amide bonds. The Morgan fingerprint density at radius 1 is 1.56 bits per heavy atom. The summed E-state index contributed by atoms with van der Waals surface area (Å²) in [6, 6.07) is 0. The fraction of sp³-hybridized carbons (Fsp3) is 0.778. The van der Waals surface area contributed by atoms with Crippen LogP contribution >= 0.6 is 11.3 Å². The maximum absolute atomic E-state index is 12.1. The number of aromatic nitrogens is 2. The van der Waals surface area contributed by atoms with Gasteiger partial charge in [-0.15, -0.1) is 10.2 Å². The van der Waals surface area contributed by atoms with Crippen molar-refractivity contribution in [3.63, 3.8) is 0 Å². The van der Waals surface area contributed by atoms with Crippen LogP contribution in [0.5, 0.6) is 0 Å². The smallest absolute Gasteiger partial charge is 0.303 e. The van der Waals surface area contributed by atoms with Crippen LogP contribution in [0.2, 0.25) is 0 Å². The second kappa shape index (κ2) is 5.47. The van der Waals surface area contributed by atoms with Gasteiger partial charge in [0.25, 0.3) is 0 Å². The first-order chi connectivity index (χ1) is 8.51. The molecule has 0 aliphatic carbocycles. The fourth-order valence-electron chi connectivity index (χ4n) is 1.95. The monoisotopic (exact) mass is 291 g/mol. The van der Waals surface area contributed by atoms with Crippen molar-refractivity contribution < 1.29 is 8.42 Å². The fourth-order valence-corrected chi connectivity index (χ4v) is 4.04.